The Labute approximate surface area is 155 Å². The molecular formula is C18H13N3O5S. The second kappa shape index (κ2) is 6.69. The number of carbonyl (C=O) groups excluding carboxylic acids is 1. The molecule has 3 heterocycles. The zero-order valence-corrected chi connectivity index (χ0v) is 14.9. The number of nitrogens with zero attached hydrogens (tertiary/aromatic N) is 2. The molecule has 0 spiro atoms. The number of carbonyl (C=O) groups is 1. The zero-order valence-electron chi connectivity index (χ0n) is 14.1. The van der Waals surface area contributed by atoms with Crippen molar-refractivity contribution in [2.24, 2.45) is 0 Å². The monoisotopic (exact) mass is 383 g/mol. The highest BCUT2D eigenvalue weighted by Gasteiger charge is 2.14. The van der Waals surface area contributed by atoms with E-state index in [-0.39, 0.29) is 18.3 Å². The fourth-order valence-electron chi connectivity index (χ4n) is 2.71. The van der Waals surface area contributed by atoms with E-state index in [2.05, 4.69) is 10.4 Å². The molecule has 0 radical (unpaired) electrons. The molecule has 0 aliphatic heterocycles. The van der Waals surface area contributed by atoms with E-state index in [4.69, 9.17) is 8.83 Å². The molecule has 27 heavy (non-hydrogen) atoms. The van der Waals surface area contributed by atoms with Gasteiger partial charge >= 0.3 is 11.4 Å². The Morgan fingerprint density at radius 1 is 1.22 bits per heavy atom. The number of hydrogen-bond acceptors (Lipinski definition) is 7. The molecule has 136 valence electrons. The van der Waals surface area contributed by atoms with Gasteiger partial charge in [-0.25, -0.2) is 9.59 Å². The van der Waals surface area contributed by atoms with Gasteiger partial charge in [0, 0.05) is 30.1 Å². The maximum atomic E-state index is 12.1. The minimum Gasteiger partial charge on any atom is -0.423 e. The number of benzene rings is 1. The van der Waals surface area contributed by atoms with E-state index >= 15 is 0 Å². The van der Waals surface area contributed by atoms with Gasteiger partial charge in [0.2, 0.25) is 5.91 Å². The maximum absolute atomic E-state index is 12.1. The summed E-state index contributed by atoms with van der Waals surface area (Å²) in [4.78, 5) is 36.0. The van der Waals surface area contributed by atoms with E-state index in [0.717, 1.165) is 9.56 Å². The van der Waals surface area contributed by atoms with Crippen LogP contribution < -0.4 is 16.7 Å². The molecule has 1 amide bonds. The minimum atomic E-state index is -0.616. The summed E-state index contributed by atoms with van der Waals surface area (Å²) in [6, 6.07) is 9.91. The lowest BCUT2D eigenvalue weighted by atomic mass is 10.1. The molecule has 0 aliphatic rings. The molecule has 0 unspecified atom stereocenters. The van der Waals surface area contributed by atoms with Gasteiger partial charge in [-0.15, -0.1) is 16.4 Å². The first-order chi connectivity index (χ1) is 13.0. The van der Waals surface area contributed by atoms with Gasteiger partial charge in [-0.05, 0) is 29.1 Å². The largest absolute Gasteiger partial charge is 0.437 e. The number of hydrogen-bond donors (Lipinski definition) is 1. The van der Waals surface area contributed by atoms with E-state index in [1.54, 1.807) is 24.3 Å². The third-order valence-electron chi connectivity index (χ3n) is 3.81. The molecule has 0 bridgehead atoms. The summed E-state index contributed by atoms with van der Waals surface area (Å²) >= 11 is 1.41. The maximum Gasteiger partial charge on any atom is 0.437 e. The Morgan fingerprint density at radius 3 is 2.81 bits per heavy atom. The Bertz CT molecular complexity index is 1250. The zero-order chi connectivity index (χ0) is 19.0. The van der Waals surface area contributed by atoms with Crippen LogP contribution in [0.3, 0.4) is 0 Å². The highest BCUT2D eigenvalue weighted by Crippen LogP contribution is 2.23. The second-order valence-corrected chi connectivity index (χ2v) is 6.74. The molecule has 4 rings (SSSR count). The van der Waals surface area contributed by atoms with Crippen LogP contribution in [0.15, 0.2) is 60.2 Å². The van der Waals surface area contributed by atoms with E-state index in [1.807, 2.05) is 11.4 Å². The fraction of sp³-hybridized carbons (Fsp3) is 0.111. The van der Waals surface area contributed by atoms with Crippen LogP contribution in [0.5, 0.6) is 0 Å². The molecule has 8 nitrogen and oxygen atoms in total. The highest BCUT2D eigenvalue weighted by molar-refractivity contribution is 7.13. The van der Waals surface area contributed by atoms with Crippen molar-refractivity contribution in [3.05, 3.63) is 68.3 Å². The predicted molar refractivity (Wildman–Crippen MR) is 100.0 cm³/mol. The minimum absolute atomic E-state index is 0.0509. The number of rotatable bonds is 4. The van der Waals surface area contributed by atoms with Crippen molar-refractivity contribution in [1.29, 1.82) is 0 Å². The average Bonchev–Trinajstić information content (AvgIpc) is 3.24. The van der Waals surface area contributed by atoms with Gasteiger partial charge in [-0.3, -0.25) is 4.79 Å². The third-order valence-corrected chi connectivity index (χ3v) is 4.67. The number of aromatic nitrogens is 2. The van der Waals surface area contributed by atoms with E-state index in [0.29, 0.717) is 22.2 Å². The molecule has 1 N–H and O–H groups in total. The lowest BCUT2D eigenvalue weighted by Gasteiger charge is -2.07. The van der Waals surface area contributed by atoms with Gasteiger partial charge in [0.25, 0.3) is 5.89 Å². The Kier molecular flexibility index (Phi) is 4.21. The quantitative estimate of drug-likeness (QED) is 0.543. The van der Waals surface area contributed by atoms with Gasteiger partial charge in [-0.2, -0.15) is 4.68 Å². The van der Waals surface area contributed by atoms with Crippen molar-refractivity contribution in [2.45, 2.75) is 13.5 Å². The molecule has 0 fully saturated rings. The standard InChI is InChI=1S/C18H13N3O5S/c1-10(22)19-12-4-5-13-11(7-16(23)25-14(13)8-12)9-21-18(24)26-17(20-21)15-3-2-6-27-15/h2-8H,9H2,1H3,(H,19,22). The number of thiophene rings is 1. The lowest BCUT2D eigenvalue weighted by molar-refractivity contribution is -0.114. The summed E-state index contributed by atoms with van der Waals surface area (Å²) in [5.74, 6) is -0.618. The smallest absolute Gasteiger partial charge is 0.423 e. The van der Waals surface area contributed by atoms with Gasteiger partial charge in [0.1, 0.15) is 5.58 Å². The molecular weight excluding hydrogens is 370 g/mol. The molecule has 4 aromatic rings. The van der Waals surface area contributed by atoms with Crippen molar-refractivity contribution in [1.82, 2.24) is 9.78 Å². The van der Waals surface area contributed by atoms with Crippen LogP contribution in [0.4, 0.5) is 5.69 Å². The van der Waals surface area contributed by atoms with Gasteiger partial charge < -0.3 is 14.2 Å². The topological polar surface area (TPSA) is 107 Å². The van der Waals surface area contributed by atoms with Crippen LogP contribution >= 0.6 is 11.3 Å². The first kappa shape index (κ1) is 17.0. The lowest BCUT2D eigenvalue weighted by Crippen LogP contribution is -2.17. The normalized spacial score (nSPS) is 11.0. The second-order valence-electron chi connectivity index (χ2n) is 5.79. The number of nitrogens with one attached hydrogen (secondary N) is 1. The van der Waals surface area contributed by atoms with Crippen LogP contribution in [0.2, 0.25) is 0 Å². The first-order valence-electron chi connectivity index (χ1n) is 7.96. The summed E-state index contributed by atoms with van der Waals surface area (Å²) in [7, 11) is 0. The first-order valence-corrected chi connectivity index (χ1v) is 8.84. The fourth-order valence-corrected chi connectivity index (χ4v) is 3.35. The van der Waals surface area contributed by atoms with Crippen LogP contribution in [-0.4, -0.2) is 15.7 Å². The van der Waals surface area contributed by atoms with Crippen LogP contribution in [0.1, 0.15) is 12.5 Å². The number of fused-ring (bicyclic) bond motifs is 1. The summed E-state index contributed by atoms with van der Waals surface area (Å²) < 4.78 is 11.6. The van der Waals surface area contributed by atoms with Gasteiger partial charge in [0.15, 0.2) is 0 Å². The van der Waals surface area contributed by atoms with Crippen molar-refractivity contribution in [3.63, 3.8) is 0 Å². The number of anilines is 1. The summed E-state index contributed by atoms with van der Waals surface area (Å²) in [6.07, 6.45) is 0. The van der Waals surface area contributed by atoms with Crippen LogP contribution in [-0.2, 0) is 11.3 Å². The molecule has 0 saturated carbocycles. The van der Waals surface area contributed by atoms with E-state index in [1.165, 1.54) is 24.3 Å². The Morgan fingerprint density at radius 2 is 2.07 bits per heavy atom. The van der Waals surface area contributed by atoms with E-state index < -0.39 is 11.4 Å². The summed E-state index contributed by atoms with van der Waals surface area (Å²) in [5, 5.41) is 9.32. The van der Waals surface area contributed by atoms with Crippen molar-refractivity contribution in [3.8, 4) is 10.8 Å². The highest BCUT2D eigenvalue weighted by atomic mass is 32.1. The Balaban J connectivity index is 1.75. The average molecular weight is 383 g/mol. The van der Waals surface area contributed by atoms with Crippen LogP contribution in [0, 0.1) is 0 Å². The molecule has 1 aromatic carbocycles. The van der Waals surface area contributed by atoms with Crippen molar-refractivity contribution >= 4 is 33.9 Å². The summed E-state index contributed by atoms with van der Waals surface area (Å²) in [5.41, 5.74) is 0.809. The molecule has 3 aromatic heterocycles. The number of amides is 1. The van der Waals surface area contributed by atoms with Gasteiger partial charge in [0.05, 0.1) is 11.4 Å². The summed E-state index contributed by atoms with van der Waals surface area (Å²) in [6.45, 7) is 1.44. The molecule has 9 heteroatoms. The van der Waals surface area contributed by atoms with Gasteiger partial charge in [-0.1, -0.05) is 6.07 Å². The van der Waals surface area contributed by atoms with Crippen molar-refractivity contribution < 1.29 is 13.6 Å². The predicted octanol–water partition coefficient (Wildman–Crippen LogP) is 2.68. The third kappa shape index (κ3) is 3.44. The van der Waals surface area contributed by atoms with Crippen molar-refractivity contribution in [2.75, 3.05) is 5.32 Å². The molecule has 0 atom stereocenters. The molecule has 0 aliphatic carbocycles. The SMILES string of the molecule is CC(=O)Nc1ccc2c(Cn3nc(-c4cccs4)oc3=O)cc(=O)oc2c1. The van der Waals surface area contributed by atoms with Crippen LogP contribution in [0.25, 0.3) is 21.7 Å². The van der Waals surface area contributed by atoms with E-state index in [9.17, 15) is 14.4 Å². The Hall–Kier alpha value is -3.46. The molecule has 0 saturated heterocycles.